The molecule has 0 radical (unpaired) electrons. The first-order chi connectivity index (χ1) is 16.2. The van der Waals surface area contributed by atoms with Crippen LogP contribution in [0, 0.1) is 0 Å². The van der Waals surface area contributed by atoms with Crippen molar-refractivity contribution in [2.24, 2.45) is 5.73 Å². The molecule has 0 aliphatic carbocycles. The number of nitrogens with two attached hydrogens (primary N) is 1. The molecule has 0 saturated carbocycles. The van der Waals surface area contributed by atoms with Crippen molar-refractivity contribution in [2.45, 2.75) is 11.4 Å². The van der Waals surface area contributed by atoms with E-state index in [1.54, 1.807) is 30.3 Å². The average Bonchev–Trinajstić information content (AvgIpc) is 2.84. The number of nitrogens with one attached hydrogen (secondary N) is 1. The first kappa shape index (κ1) is 24.7. The van der Waals surface area contributed by atoms with E-state index >= 15 is 0 Å². The summed E-state index contributed by atoms with van der Waals surface area (Å²) in [4.78, 5) is 23.9. The quantitative estimate of drug-likeness (QED) is 0.456. The second-order valence-corrected chi connectivity index (χ2v) is 9.17. The summed E-state index contributed by atoms with van der Waals surface area (Å²) in [7, 11) is -1.38. The Morgan fingerprint density at radius 1 is 0.941 bits per heavy atom. The second-order valence-electron chi connectivity index (χ2n) is 7.27. The molecule has 178 valence electrons. The van der Waals surface area contributed by atoms with E-state index in [9.17, 15) is 18.0 Å². The minimum Gasteiger partial charge on any atom is -0.497 e. The van der Waals surface area contributed by atoms with Crippen molar-refractivity contribution in [2.75, 3.05) is 26.1 Å². The zero-order valence-electron chi connectivity index (χ0n) is 18.7. The molecular formula is C24H25N3O6S. The maximum Gasteiger partial charge on any atom is 0.248 e. The van der Waals surface area contributed by atoms with Gasteiger partial charge < -0.3 is 20.5 Å². The number of nitrogens with zero attached hydrogens (tertiary/aromatic N) is 1. The van der Waals surface area contributed by atoms with Gasteiger partial charge in [0.2, 0.25) is 21.8 Å². The van der Waals surface area contributed by atoms with Crippen molar-refractivity contribution in [1.82, 2.24) is 4.31 Å². The minimum atomic E-state index is -4.17. The molecular weight excluding hydrogens is 458 g/mol. The molecule has 0 atom stereocenters. The zero-order valence-corrected chi connectivity index (χ0v) is 19.5. The van der Waals surface area contributed by atoms with E-state index in [0.29, 0.717) is 17.0 Å². The van der Waals surface area contributed by atoms with Gasteiger partial charge in [-0.15, -0.1) is 0 Å². The van der Waals surface area contributed by atoms with E-state index in [1.807, 2.05) is 6.07 Å². The predicted octanol–water partition coefficient (Wildman–Crippen LogP) is 2.63. The molecule has 3 aromatic rings. The van der Waals surface area contributed by atoms with E-state index in [4.69, 9.17) is 15.2 Å². The van der Waals surface area contributed by atoms with Gasteiger partial charge in [0.25, 0.3) is 0 Å². The molecule has 3 aromatic carbocycles. The molecule has 34 heavy (non-hydrogen) atoms. The van der Waals surface area contributed by atoms with Crippen LogP contribution in [0.1, 0.15) is 15.9 Å². The Balaban J connectivity index is 1.92. The third-order valence-corrected chi connectivity index (χ3v) is 6.78. The van der Waals surface area contributed by atoms with Gasteiger partial charge in [-0.2, -0.15) is 4.31 Å². The molecule has 10 heteroatoms. The topological polar surface area (TPSA) is 128 Å². The molecule has 0 spiro atoms. The number of methoxy groups -OCH3 is 2. The average molecular weight is 484 g/mol. The highest BCUT2D eigenvalue weighted by molar-refractivity contribution is 7.89. The third-order valence-electron chi connectivity index (χ3n) is 4.96. The van der Waals surface area contributed by atoms with Gasteiger partial charge in [0.1, 0.15) is 16.4 Å². The number of hydrogen-bond donors (Lipinski definition) is 2. The van der Waals surface area contributed by atoms with Crippen molar-refractivity contribution in [3.05, 3.63) is 83.9 Å². The number of primary amides is 1. The molecule has 0 saturated heterocycles. The van der Waals surface area contributed by atoms with Gasteiger partial charge in [0.05, 0.1) is 20.8 Å². The number of rotatable bonds is 10. The van der Waals surface area contributed by atoms with Crippen molar-refractivity contribution in [1.29, 1.82) is 0 Å². The fraction of sp³-hybridized carbons (Fsp3) is 0.167. The Kier molecular flexibility index (Phi) is 7.87. The molecule has 2 amide bonds. The van der Waals surface area contributed by atoms with Crippen LogP contribution in [-0.2, 0) is 21.4 Å². The molecule has 0 aliphatic heterocycles. The standard InChI is InChI=1S/C24H25N3O6S/c1-32-20-12-13-21(33-2)22(14-20)34(30,31)27(15-17-6-4-3-5-7-17)16-23(28)26-19-10-8-18(9-11-19)24(25)29/h3-14H,15-16H2,1-2H3,(H2,25,29)(H,26,28). The van der Waals surface area contributed by atoms with Crippen LogP contribution in [0.15, 0.2) is 77.7 Å². The lowest BCUT2D eigenvalue weighted by Gasteiger charge is -2.23. The van der Waals surface area contributed by atoms with Gasteiger partial charge in [0.15, 0.2) is 0 Å². The van der Waals surface area contributed by atoms with E-state index in [1.165, 1.54) is 50.6 Å². The Morgan fingerprint density at radius 3 is 2.21 bits per heavy atom. The highest BCUT2D eigenvalue weighted by Gasteiger charge is 2.30. The normalized spacial score (nSPS) is 11.1. The van der Waals surface area contributed by atoms with Gasteiger partial charge in [0, 0.05) is 23.9 Å². The molecule has 0 aromatic heterocycles. The molecule has 0 fully saturated rings. The smallest absolute Gasteiger partial charge is 0.248 e. The van der Waals surface area contributed by atoms with Crippen molar-refractivity contribution < 1.29 is 27.5 Å². The van der Waals surface area contributed by atoms with Crippen molar-refractivity contribution in [3.8, 4) is 11.5 Å². The van der Waals surface area contributed by atoms with Crippen molar-refractivity contribution in [3.63, 3.8) is 0 Å². The summed E-state index contributed by atoms with van der Waals surface area (Å²) in [5.74, 6) is -0.697. The second kappa shape index (κ2) is 10.8. The number of carbonyl (C=O) groups is 2. The number of hydrogen-bond acceptors (Lipinski definition) is 6. The number of ether oxygens (including phenoxy) is 2. The maximum absolute atomic E-state index is 13.7. The van der Waals surface area contributed by atoms with E-state index in [0.717, 1.165) is 4.31 Å². The molecule has 0 heterocycles. The number of carbonyl (C=O) groups excluding carboxylic acids is 2. The maximum atomic E-state index is 13.7. The molecule has 3 N–H and O–H groups in total. The summed E-state index contributed by atoms with van der Waals surface area (Å²) in [5.41, 5.74) is 6.62. The monoisotopic (exact) mass is 483 g/mol. The van der Waals surface area contributed by atoms with Gasteiger partial charge in [-0.3, -0.25) is 9.59 Å². The first-order valence-corrected chi connectivity index (χ1v) is 11.6. The highest BCUT2D eigenvalue weighted by Crippen LogP contribution is 2.31. The summed E-state index contributed by atoms with van der Waals surface area (Å²) in [5, 5.41) is 2.65. The van der Waals surface area contributed by atoms with Crippen LogP contribution < -0.4 is 20.5 Å². The van der Waals surface area contributed by atoms with Crippen LogP contribution >= 0.6 is 0 Å². The Labute approximate surface area is 198 Å². The minimum absolute atomic E-state index is 0.0441. The lowest BCUT2D eigenvalue weighted by atomic mass is 10.2. The van der Waals surface area contributed by atoms with E-state index in [2.05, 4.69) is 5.32 Å². The van der Waals surface area contributed by atoms with Gasteiger partial charge in [-0.25, -0.2) is 8.42 Å². The summed E-state index contributed by atoms with van der Waals surface area (Å²) in [6.45, 7) is -0.507. The Morgan fingerprint density at radius 2 is 1.62 bits per heavy atom. The number of sulfonamides is 1. The van der Waals surface area contributed by atoms with Crippen LogP contribution in [0.25, 0.3) is 0 Å². The van der Waals surface area contributed by atoms with Gasteiger partial charge >= 0.3 is 0 Å². The first-order valence-electron chi connectivity index (χ1n) is 10.2. The Bertz CT molecular complexity index is 1260. The SMILES string of the molecule is COc1ccc(OC)c(S(=O)(=O)N(CC(=O)Nc2ccc(C(N)=O)cc2)Cc2ccccc2)c1. The van der Waals surface area contributed by atoms with Crippen LogP contribution in [0.3, 0.4) is 0 Å². The molecule has 0 unspecified atom stereocenters. The third kappa shape index (κ3) is 5.91. The summed E-state index contributed by atoms with van der Waals surface area (Å²) in [6, 6.07) is 19.3. The fourth-order valence-electron chi connectivity index (χ4n) is 3.22. The number of benzene rings is 3. The summed E-state index contributed by atoms with van der Waals surface area (Å²) < 4.78 is 38.8. The van der Waals surface area contributed by atoms with Crippen LogP contribution in [-0.4, -0.2) is 45.3 Å². The number of anilines is 1. The lowest BCUT2D eigenvalue weighted by Crippen LogP contribution is -2.37. The van der Waals surface area contributed by atoms with E-state index < -0.39 is 28.4 Å². The van der Waals surface area contributed by atoms with Crippen LogP contribution in [0.5, 0.6) is 11.5 Å². The lowest BCUT2D eigenvalue weighted by molar-refractivity contribution is -0.116. The molecule has 3 rings (SSSR count). The molecule has 9 nitrogen and oxygen atoms in total. The van der Waals surface area contributed by atoms with Crippen LogP contribution in [0.4, 0.5) is 5.69 Å². The highest BCUT2D eigenvalue weighted by atomic mass is 32.2. The summed E-state index contributed by atoms with van der Waals surface area (Å²) >= 11 is 0. The molecule has 0 bridgehead atoms. The van der Waals surface area contributed by atoms with Crippen LogP contribution in [0.2, 0.25) is 0 Å². The predicted molar refractivity (Wildman–Crippen MR) is 127 cm³/mol. The van der Waals surface area contributed by atoms with Gasteiger partial charge in [-0.05, 0) is 42.0 Å². The fourth-order valence-corrected chi connectivity index (χ4v) is 4.77. The molecule has 0 aliphatic rings. The Hall–Kier alpha value is -3.89. The van der Waals surface area contributed by atoms with Gasteiger partial charge in [-0.1, -0.05) is 30.3 Å². The largest absolute Gasteiger partial charge is 0.497 e. The zero-order chi connectivity index (χ0) is 24.7. The van der Waals surface area contributed by atoms with E-state index in [-0.39, 0.29) is 22.8 Å². The summed E-state index contributed by atoms with van der Waals surface area (Å²) in [6.07, 6.45) is 0. The van der Waals surface area contributed by atoms with Crippen molar-refractivity contribution >= 4 is 27.5 Å². The number of amides is 2.